The lowest BCUT2D eigenvalue weighted by atomic mass is 9.71. The molecule has 110 valence electrons. The van der Waals surface area contributed by atoms with Crippen LogP contribution < -0.4 is 0 Å². The number of nitrogens with one attached hydrogen (secondary N) is 1. The molecule has 2 N–H and O–H groups in total. The minimum Gasteiger partial charge on any atom is -0.388 e. The second-order valence-corrected chi connectivity index (χ2v) is 6.97. The van der Waals surface area contributed by atoms with Gasteiger partial charge in [-0.2, -0.15) is 0 Å². The third-order valence-electron chi connectivity index (χ3n) is 5.36. The average Bonchev–Trinajstić information content (AvgIpc) is 3.18. The lowest BCUT2D eigenvalue weighted by Gasteiger charge is -2.39. The van der Waals surface area contributed by atoms with Gasteiger partial charge in [0.05, 0.1) is 11.5 Å². The number of aliphatic hydroxyl groups is 1. The first-order valence-corrected chi connectivity index (χ1v) is 8.02. The van der Waals surface area contributed by atoms with Gasteiger partial charge in [-0.05, 0) is 55.2 Å². The fourth-order valence-electron chi connectivity index (χ4n) is 4.47. The molecule has 1 aromatic carbocycles. The van der Waals surface area contributed by atoms with Crippen molar-refractivity contribution in [2.24, 2.45) is 11.8 Å². The summed E-state index contributed by atoms with van der Waals surface area (Å²) in [6.45, 7) is 0. The van der Waals surface area contributed by atoms with Gasteiger partial charge in [0.25, 0.3) is 0 Å². The first-order chi connectivity index (χ1) is 10.2. The molecule has 0 radical (unpaired) electrons. The van der Waals surface area contributed by atoms with E-state index in [-0.39, 0.29) is 5.92 Å². The van der Waals surface area contributed by atoms with Crippen molar-refractivity contribution in [3.05, 3.63) is 53.1 Å². The predicted molar refractivity (Wildman–Crippen MR) is 82.3 cm³/mol. The van der Waals surface area contributed by atoms with E-state index in [1.807, 2.05) is 30.5 Å². The van der Waals surface area contributed by atoms with Crippen molar-refractivity contribution in [3.63, 3.8) is 0 Å². The Morgan fingerprint density at radius 3 is 2.67 bits per heavy atom. The lowest BCUT2D eigenvalue weighted by Crippen LogP contribution is -2.42. The second kappa shape index (κ2) is 4.85. The fourth-order valence-corrected chi connectivity index (χ4v) is 4.60. The summed E-state index contributed by atoms with van der Waals surface area (Å²) in [5, 5.41) is 12.2. The molecule has 1 aromatic heterocycles. The molecule has 2 aromatic rings. The molecule has 4 rings (SSSR count). The zero-order chi connectivity index (χ0) is 14.4. The Balaban J connectivity index is 1.79. The van der Waals surface area contributed by atoms with Gasteiger partial charge in [0.1, 0.15) is 5.82 Å². The highest BCUT2D eigenvalue weighted by Crippen LogP contribution is 2.57. The molecule has 0 spiro atoms. The third-order valence-corrected chi connectivity index (χ3v) is 5.61. The van der Waals surface area contributed by atoms with Crippen LogP contribution in [0.15, 0.2) is 36.7 Å². The van der Waals surface area contributed by atoms with E-state index in [1.54, 1.807) is 6.20 Å². The second-order valence-electron chi connectivity index (χ2n) is 6.53. The van der Waals surface area contributed by atoms with Crippen LogP contribution >= 0.6 is 11.6 Å². The van der Waals surface area contributed by atoms with E-state index in [4.69, 9.17) is 11.6 Å². The van der Waals surface area contributed by atoms with Gasteiger partial charge >= 0.3 is 0 Å². The number of hydrogen-bond acceptors (Lipinski definition) is 2. The third kappa shape index (κ3) is 2.11. The molecule has 3 nitrogen and oxygen atoms in total. The summed E-state index contributed by atoms with van der Waals surface area (Å²) < 4.78 is 0. The maximum atomic E-state index is 11.4. The highest BCUT2D eigenvalue weighted by atomic mass is 35.5. The SMILES string of the molecule is OC1(C(c2ccc(Cl)cc2)c2ncc[nH]2)CC2CCC1C2. The molecular formula is C17H19ClN2O. The van der Waals surface area contributed by atoms with Crippen molar-refractivity contribution in [2.75, 3.05) is 0 Å². The molecular weight excluding hydrogens is 284 g/mol. The molecule has 4 atom stereocenters. The van der Waals surface area contributed by atoms with E-state index in [9.17, 15) is 5.11 Å². The van der Waals surface area contributed by atoms with E-state index in [2.05, 4.69) is 9.97 Å². The van der Waals surface area contributed by atoms with Gasteiger partial charge < -0.3 is 10.1 Å². The van der Waals surface area contributed by atoms with Crippen LogP contribution in [0.5, 0.6) is 0 Å². The van der Waals surface area contributed by atoms with Crippen LogP contribution in [-0.4, -0.2) is 20.7 Å². The number of halogens is 1. The summed E-state index contributed by atoms with van der Waals surface area (Å²) >= 11 is 6.01. The lowest BCUT2D eigenvalue weighted by molar-refractivity contribution is -0.0294. The van der Waals surface area contributed by atoms with Crippen LogP contribution in [-0.2, 0) is 0 Å². The minimum absolute atomic E-state index is 0.0972. The number of fused-ring (bicyclic) bond motifs is 2. The summed E-state index contributed by atoms with van der Waals surface area (Å²) in [6.07, 6.45) is 8.01. The van der Waals surface area contributed by atoms with Gasteiger partial charge in [-0.25, -0.2) is 4.98 Å². The summed E-state index contributed by atoms with van der Waals surface area (Å²) in [5.41, 5.74) is 0.401. The number of imidazole rings is 1. The van der Waals surface area contributed by atoms with Gasteiger partial charge in [0.2, 0.25) is 0 Å². The Bertz CT molecular complexity index is 625. The number of H-pyrrole nitrogens is 1. The number of hydrogen-bond donors (Lipinski definition) is 2. The molecule has 2 fully saturated rings. The van der Waals surface area contributed by atoms with Gasteiger partial charge in [0, 0.05) is 17.4 Å². The van der Waals surface area contributed by atoms with Crippen LogP contribution in [0.4, 0.5) is 0 Å². The Kier molecular flexibility index (Phi) is 3.09. The molecule has 2 aliphatic carbocycles. The number of rotatable bonds is 3. The molecule has 2 aliphatic rings. The maximum Gasteiger partial charge on any atom is 0.116 e. The highest BCUT2D eigenvalue weighted by Gasteiger charge is 2.55. The molecule has 4 unspecified atom stereocenters. The largest absolute Gasteiger partial charge is 0.388 e. The molecule has 2 saturated carbocycles. The zero-order valence-corrected chi connectivity index (χ0v) is 12.6. The van der Waals surface area contributed by atoms with Crippen molar-refractivity contribution in [3.8, 4) is 0 Å². The van der Waals surface area contributed by atoms with Crippen LogP contribution in [0.25, 0.3) is 0 Å². The maximum absolute atomic E-state index is 11.4. The number of aromatic nitrogens is 2. The Hall–Kier alpha value is -1.32. The standard InChI is InChI=1S/C17H19ClN2O/c18-14-5-2-12(3-6-14)15(16-19-7-8-20-16)17(21)10-11-1-4-13(17)9-11/h2-3,5-8,11,13,15,21H,1,4,9-10H2,(H,19,20). The quantitative estimate of drug-likeness (QED) is 0.907. The molecule has 21 heavy (non-hydrogen) atoms. The Morgan fingerprint density at radius 1 is 1.29 bits per heavy atom. The summed E-state index contributed by atoms with van der Waals surface area (Å²) in [7, 11) is 0. The first-order valence-electron chi connectivity index (χ1n) is 7.64. The van der Waals surface area contributed by atoms with Crippen molar-refractivity contribution >= 4 is 11.6 Å². The topological polar surface area (TPSA) is 48.9 Å². The molecule has 0 aliphatic heterocycles. The fraction of sp³-hybridized carbons (Fsp3) is 0.471. The zero-order valence-electron chi connectivity index (χ0n) is 11.8. The van der Waals surface area contributed by atoms with Gasteiger partial charge in [-0.15, -0.1) is 0 Å². The van der Waals surface area contributed by atoms with Crippen molar-refractivity contribution in [2.45, 2.75) is 37.2 Å². The molecule has 0 amide bonds. The van der Waals surface area contributed by atoms with Gasteiger partial charge in [-0.1, -0.05) is 23.7 Å². The van der Waals surface area contributed by atoms with Crippen LogP contribution in [0.1, 0.15) is 43.0 Å². The van der Waals surface area contributed by atoms with Crippen LogP contribution in [0, 0.1) is 11.8 Å². The number of aromatic amines is 1. The minimum atomic E-state index is -0.686. The van der Waals surface area contributed by atoms with Crippen molar-refractivity contribution in [1.82, 2.24) is 9.97 Å². The Morgan fingerprint density at radius 2 is 2.10 bits per heavy atom. The smallest absolute Gasteiger partial charge is 0.116 e. The number of nitrogens with zero attached hydrogens (tertiary/aromatic N) is 1. The summed E-state index contributed by atoms with van der Waals surface area (Å²) in [5.74, 6) is 1.81. The monoisotopic (exact) mass is 302 g/mol. The predicted octanol–water partition coefficient (Wildman–Crippen LogP) is 3.75. The summed E-state index contributed by atoms with van der Waals surface area (Å²) in [4.78, 5) is 7.65. The molecule has 2 bridgehead atoms. The molecule has 0 saturated heterocycles. The molecule has 1 heterocycles. The van der Waals surface area contributed by atoms with E-state index < -0.39 is 5.60 Å². The number of benzene rings is 1. The van der Waals surface area contributed by atoms with Crippen molar-refractivity contribution in [1.29, 1.82) is 0 Å². The first kappa shape index (κ1) is 13.4. The van der Waals surface area contributed by atoms with Gasteiger partial charge in [0.15, 0.2) is 0 Å². The van der Waals surface area contributed by atoms with E-state index in [0.29, 0.717) is 11.8 Å². The molecule has 4 heteroatoms. The van der Waals surface area contributed by atoms with Gasteiger partial charge in [-0.3, -0.25) is 0 Å². The summed E-state index contributed by atoms with van der Waals surface area (Å²) in [6, 6.07) is 7.81. The Labute approximate surface area is 129 Å². The van der Waals surface area contributed by atoms with E-state index in [1.165, 1.54) is 6.42 Å². The van der Waals surface area contributed by atoms with Crippen LogP contribution in [0.2, 0.25) is 5.02 Å². The van der Waals surface area contributed by atoms with Crippen molar-refractivity contribution < 1.29 is 5.11 Å². The van der Waals surface area contributed by atoms with E-state index >= 15 is 0 Å². The normalized spacial score (nSPS) is 32.5. The van der Waals surface area contributed by atoms with Crippen LogP contribution in [0.3, 0.4) is 0 Å². The van der Waals surface area contributed by atoms with E-state index in [0.717, 1.165) is 35.7 Å². The average molecular weight is 303 g/mol. The highest BCUT2D eigenvalue weighted by molar-refractivity contribution is 6.30.